The van der Waals surface area contributed by atoms with Crippen LogP contribution in [-0.4, -0.2) is 28.8 Å². The molecule has 122 valence electrons. The number of para-hydroxylation sites is 1. The second-order valence-corrected chi connectivity index (χ2v) is 5.33. The van der Waals surface area contributed by atoms with Gasteiger partial charge >= 0.3 is 0 Å². The zero-order chi connectivity index (χ0) is 17.3. The molecule has 7 nitrogen and oxygen atoms in total. The van der Waals surface area contributed by atoms with Crippen LogP contribution in [0.25, 0.3) is 10.9 Å². The van der Waals surface area contributed by atoms with Crippen molar-refractivity contribution in [3.05, 3.63) is 54.2 Å². The van der Waals surface area contributed by atoms with Gasteiger partial charge in [-0.05, 0) is 24.3 Å². The number of nitrogens with two attached hydrogens (primary N) is 2. The van der Waals surface area contributed by atoms with E-state index in [1.54, 1.807) is 36.4 Å². The Labute approximate surface area is 138 Å². The number of aromatic nitrogens is 1. The molecular formula is C17H17N5O2. The van der Waals surface area contributed by atoms with Crippen molar-refractivity contribution in [3.63, 3.8) is 0 Å². The van der Waals surface area contributed by atoms with Gasteiger partial charge in [0.15, 0.2) is 11.7 Å². The number of hydrogen-bond acceptors (Lipinski definition) is 4. The summed E-state index contributed by atoms with van der Waals surface area (Å²) in [5.41, 5.74) is 12.7. The number of carbonyl (C=O) groups excluding carboxylic acids is 1. The molecule has 0 spiro atoms. The molecule has 24 heavy (non-hydrogen) atoms. The van der Waals surface area contributed by atoms with Crippen molar-refractivity contribution in [2.24, 2.45) is 5.73 Å². The maximum Gasteiger partial charge on any atom is 0.276 e. The number of carbonyl (C=O) groups is 1. The molecule has 1 heterocycles. The molecule has 2 aromatic carbocycles. The molecule has 0 fully saturated rings. The quantitative estimate of drug-likeness (QED) is 0.336. The summed E-state index contributed by atoms with van der Waals surface area (Å²) in [6, 6.07) is 14.3. The highest BCUT2D eigenvalue weighted by atomic mass is 16.5. The average molecular weight is 323 g/mol. The molecule has 1 aromatic heterocycles. The maximum absolute atomic E-state index is 12.3. The topological polar surface area (TPSA) is 121 Å². The van der Waals surface area contributed by atoms with Gasteiger partial charge in [0.05, 0.1) is 5.52 Å². The molecule has 0 aliphatic rings. The van der Waals surface area contributed by atoms with Crippen molar-refractivity contribution in [1.82, 2.24) is 9.88 Å². The van der Waals surface area contributed by atoms with Crippen LogP contribution in [0.5, 0.6) is 11.5 Å². The minimum absolute atomic E-state index is 0.324. The highest BCUT2D eigenvalue weighted by Gasteiger charge is 2.17. The van der Waals surface area contributed by atoms with E-state index in [0.717, 1.165) is 10.3 Å². The molecule has 1 amide bonds. The van der Waals surface area contributed by atoms with Crippen molar-refractivity contribution in [1.29, 1.82) is 5.41 Å². The average Bonchev–Trinajstić information content (AvgIpc) is 2.98. The predicted octanol–water partition coefficient (Wildman–Crippen LogP) is 2.51. The summed E-state index contributed by atoms with van der Waals surface area (Å²) in [7, 11) is 1.44. The van der Waals surface area contributed by atoms with Gasteiger partial charge in [0.1, 0.15) is 11.4 Å². The van der Waals surface area contributed by atoms with Crippen LogP contribution >= 0.6 is 0 Å². The Balaban J connectivity index is 1.98. The van der Waals surface area contributed by atoms with Crippen molar-refractivity contribution in [2.75, 3.05) is 12.8 Å². The highest BCUT2D eigenvalue weighted by molar-refractivity contribution is 6.06. The number of rotatable bonds is 3. The molecule has 0 radical (unpaired) electrons. The van der Waals surface area contributed by atoms with E-state index < -0.39 is 5.91 Å². The number of benzene rings is 2. The van der Waals surface area contributed by atoms with Crippen LogP contribution in [-0.2, 0) is 0 Å². The van der Waals surface area contributed by atoms with Gasteiger partial charge in [-0.25, -0.2) is 0 Å². The van der Waals surface area contributed by atoms with Gasteiger partial charge in [-0.15, -0.1) is 0 Å². The number of ether oxygens (including phenoxy) is 1. The lowest BCUT2D eigenvalue weighted by molar-refractivity contribution is 0.0864. The number of fused-ring (bicyclic) bond motifs is 1. The maximum atomic E-state index is 12.3. The monoisotopic (exact) mass is 323 g/mol. The molecule has 3 rings (SSSR count). The fourth-order valence-electron chi connectivity index (χ4n) is 2.32. The number of guanidine groups is 1. The molecule has 3 aromatic rings. The number of nitrogen functional groups attached to an aromatic ring is 1. The van der Waals surface area contributed by atoms with Gasteiger partial charge in [0.25, 0.3) is 5.91 Å². The van der Waals surface area contributed by atoms with E-state index in [1.807, 2.05) is 12.1 Å². The molecule has 0 saturated carbocycles. The summed E-state index contributed by atoms with van der Waals surface area (Å²) >= 11 is 0. The van der Waals surface area contributed by atoms with Crippen molar-refractivity contribution < 1.29 is 9.53 Å². The largest absolute Gasteiger partial charge is 0.455 e. The number of nitrogens with one attached hydrogen (secondary N) is 2. The van der Waals surface area contributed by atoms with Gasteiger partial charge in [-0.2, -0.15) is 0 Å². The number of amides is 1. The third kappa shape index (κ3) is 2.87. The predicted molar refractivity (Wildman–Crippen MR) is 93.2 cm³/mol. The molecule has 0 bridgehead atoms. The normalized spacial score (nSPS) is 10.5. The fraction of sp³-hybridized carbons (Fsp3) is 0.0588. The highest BCUT2D eigenvalue weighted by Crippen LogP contribution is 2.30. The van der Waals surface area contributed by atoms with Crippen LogP contribution in [0.15, 0.2) is 48.5 Å². The Kier molecular flexibility index (Phi) is 3.83. The Morgan fingerprint density at radius 1 is 1.21 bits per heavy atom. The number of H-pyrrole nitrogens is 1. The third-order valence-corrected chi connectivity index (χ3v) is 3.60. The lowest BCUT2D eigenvalue weighted by atomic mass is 10.2. The summed E-state index contributed by atoms with van der Waals surface area (Å²) in [5, 5.41) is 8.17. The van der Waals surface area contributed by atoms with Crippen molar-refractivity contribution >= 4 is 28.5 Å². The first-order valence-electron chi connectivity index (χ1n) is 7.23. The summed E-state index contributed by atoms with van der Waals surface area (Å²) in [6.07, 6.45) is 0. The van der Waals surface area contributed by atoms with E-state index in [1.165, 1.54) is 7.05 Å². The van der Waals surface area contributed by atoms with Crippen LogP contribution in [0.1, 0.15) is 10.5 Å². The molecule has 6 N–H and O–H groups in total. The first-order valence-corrected chi connectivity index (χ1v) is 7.23. The van der Waals surface area contributed by atoms with Gasteiger partial charge in [0.2, 0.25) is 0 Å². The standard InChI is InChI=1S/C17H17N5O2/c1-22(17(19)20)16(23)13-8-10-4-2-7-14(15(10)21-13)24-12-6-3-5-11(18)9-12/h2-9,21H,18H2,1H3,(H3,19,20). The number of aromatic amines is 1. The number of nitrogens with zero attached hydrogens (tertiary/aromatic N) is 1. The Morgan fingerprint density at radius 3 is 2.67 bits per heavy atom. The van der Waals surface area contributed by atoms with E-state index in [9.17, 15) is 4.79 Å². The van der Waals surface area contributed by atoms with E-state index in [0.29, 0.717) is 28.4 Å². The first kappa shape index (κ1) is 15.4. The van der Waals surface area contributed by atoms with Gasteiger partial charge in [-0.3, -0.25) is 15.1 Å². The lowest BCUT2D eigenvalue weighted by Crippen LogP contribution is -2.38. The molecule has 0 aliphatic heterocycles. The number of hydrogen-bond donors (Lipinski definition) is 4. The molecule has 7 heteroatoms. The molecule has 0 atom stereocenters. The third-order valence-electron chi connectivity index (χ3n) is 3.60. The van der Waals surface area contributed by atoms with Crippen molar-refractivity contribution in [2.45, 2.75) is 0 Å². The van der Waals surface area contributed by atoms with Crippen LogP contribution in [0, 0.1) is 5.41 Å². The Hall–Kier alpha value is -3.48. The van der Waals surface area contributed by atoms with Crippen LogP contribution in [0.2, 0.25) is 0 Å². The second kappa shape index (κ2) is 5.96. The number of anilines is 1. The summed E-state index contributed by atoms with van der Waals surface area (Å²) < 4.78 is 5.87. The minimum atomic E-state index is -0.395. The zero-order valence-corrected chi connectivity index (χ0v) is 13.0. The van der Waals surface area contributed by atoms with Crippen LogP contribution in [0.3, 0.4) is 0 Å². The molecule has 0 aliphatic carbocycles. The van der Waals surface area contributed by atoms with Crippen LogP contribution < -0.4 is 16.2 Å². The fourth-order valence-corrected chi connectivity index (χ4v) is 2.32. The summed E-state index contributed by atoms with van der Waals surface area (Å²) in [4.78, 5) is 16.4. The van der Waals surface area contributed by atoms with E-state index in [2.05, 4.69) is 4.98 Å². The lowest BCUT2D eigenvalue weighted by Gasteiger charge is -2.12. The van der Waals surface area contributed by atoms with Gasteiger partial charge < -0.3 is 21.2 Å². The molecule has 0 saturated heterocycles. The Bertz CT molecular complexity index is 932. The molecular weight excluding hydrogens is 306 g/mol. The van der Waals surface area contributed by atoms with Gasteiger partial charge in [0, 0.05) is 24.2 Å². The smallest absolute Gasteiger partial charge is 0.276 e. The van der Waals surface area contributed by atoms with Crippen molar-refractivity contribution in [3.8, 4) is 11.5 Å². The zero-order valence-electron chi connectivity index (χ0n) is 13.0. The van der Waals surface area contributed by atoms with Crippen LogP contribution in [0.4, 0.5) is 5.69 Å². The van der Waals surface area contributed by atoms with E-state index >= 15 is 0 Å². The Morgan fingerprint density at radius 2 is 1.96 bits per heavy atom. The van der Waals surface area contributed by atoms with E-state index in [-0.39, 0.29) is 5.96 Å². The van der Waals surface area contributed by atoms with Gasteiger partial charge in [-0.1, -0.05) is 18.2 Å². The SMILES string of the molecule is CN(C(=N)N)C(=O)c1cc2cccc(Oc3cccc(N)c3)c2[nH]1. The molecule has 0 unspecified atom stereocenters. The summed E-state index contributed by atoms with van der Waals surface area (Å²) in [5.74, 6) is 0.456. The summed E-state index contributed by atoms with van der Waals surface area (Å²) in [6.45, 7) is 0. The minimum Gasteiger partial charge on any atom is -0.455 e. The van der Waals surface area contributed by atoms with E-state index in [4.69, 9.17) is 21.6 Å². The second-order valence-electron chi connectivity index (χ2n) is 5.33. The first-order chi connectivity index (χ1) is 11.5.